The van der Waals surface area contributed by atoms with Crippen LogP contribution in [0.4, 0.5) is 0 Å². The molecule has 0 aliphatic carbocycles. The molecule has 0 saturated heterocycles. The van der Waals surface area contributed by atoms with Crippen molar-refractivity contribution in [2.24, 2.45) is 0 Å². The van der Waals surface area contributed by atoms with Crippen LogP contribution >= 0.6 is 63.9 Å². The van der Waals surface area contributed by atoms with Crippen molar-refractivity contribution in [1.29, 1.82) is 0 Å². The van der Waals surface area contributed by atoms with Crippen LogP contribution in [0.1, 0.15) is 10.4 Å². The van der Waals surface area contributed by atoms with Crippen LogP contribution in [0, 0.1) is 0 Å². The molecular formula is C39H29Cl3NOPS2. The van der Waals surface area contributed by atoms with E-state index in [-0.39, 0.29) is 5.91 Å². The van der Waals surface area contributed by atoms with Gasteiger partial charge in [0, 0.05) is 0 Å². The standard InChI is InChI=1S/C39H29Cl3NOPS2/c40-30-21-25-35(26-22-30)46-39(47-36-27-23-31(41)24-28-36)38(43-37(44)29-13-5-1-6-14-29)45(42,32-15-7-2-8-16-32,33-17-9-3-10-18-33)34-19-11-4-12-20-34/h1-28H,(H,43,44). The van der Waals surface area contributed by atoms with Gasteiger partial charge in [-0.25, -0.2) is 0 Å². The van der Waals surface area contributed by atoms with E-state index in [0.717, 1.165) is 29.9 Å². The third-order valence-corrected chi connectivity index (χ3v) is 18.0. The Morgan fingerprint density at radius 1 is 0.489 bits per heavy atom. The SMILES string of the molecule is O=C(NC(=C(Sc1ccc(Cl)cc1)Sc1ccc(Cl)cc1)P(Cl)(c1ccccc1)(c1ccccc1)c1ccccc1)c1ccccc1. The van der Waals surface area contributed by atoms with Gasteiger partial charge in [-0.15, -0.1) is 0 Å². The van der Waals surface area contributed by atoms with Crippen molar-refractivity contribution in [3.63, 3.8) is 0 Å². The second-order valence-electron chi connectivity index (χ2n) is 10.6. The van der Waals surface area contributed by atoms with Crippen LogP contribution < -0.4 is 21.2 Å². The summed E-state index contributed by atoms with van der Waals surface area (Å²) >= 11 is 24.4. The molecule has 1 amide bonds. The van der Waals surface area contributed by atoms with Gasteiger partial charge in [-0.3, -0.25) is 0 Å². The van der Waals surface area contributed by atoms with Gasteiger partial charge in [0.25, 0.3) is 0 Å². The summed E-state index contributed by atoms with van der Waals surface area (Å²) < 4.78 is 0.808. The normalized spacial score (nSPS) is 12.0. The summed E-state index contributed by atoms with van der Waals surface area (Å²) in [6, 6.07) is 54.9. The number of halogens is 3. The van der Waals surface area contributed by atoms with Gasteiger partial charge in [-0.2, -0.15) is 0 Å². The number of hydrogen-bond donors (Lipinski definition) is 1. The summed E-state index contributed by atoms with van der Waals surface area (Å²) in [6.07, 6.45) is 0. The minimum atomic E-state index is -4.26. The molecular weight excluding hydrogens is 700 g/mol. The van der Waals surface area contributed by atoms with Crippen LogP contribution in [0.3, 0.4) is 0 Å². The van der Waals surface area contributed by atoms with Crippen LogP contribution in [-0.4, -0.2) is 5.91 Å². The van der Waals surface area contributed by atoms with E-state index >= 15 is 0 Å². The fourth-order valence-corrected chi connectivity index (χ4v) is 15.2. The van der Waals surface area contributed by atoms with Gasteiger partial charge >= 0.3 is 301 Å². The van der Waals surface area contributed by atoms with Gasteiger partial charge in [0.15, 0.2) is 0 Å². The Bertz CT molecular complexity index is 1840. The van der Waals surface area contributed by atoms with Crippen LogP contribution in [0.2, 0.25) is 10.0 Å². The van der Waals surface area contributed by atoms with E-state index in [4.69, 9.17) is 34.4 Å². The molecule has 6 aromatic carbocycles. The van der Waals surface area contributed by atoms with E-state index in [2.05, 4.69) is 41.7 Å². The van der Waals surface area contributed by atoms with E-state index in [1.165, 1.54) is 23.5 Å². The van der Waals surface area contributed by atoms with Crippen LogP contribution in [-0.2, 0) is 0 Å². The van der Waals surface area contributed by atoms with E-state index in [1.54, 1.807) is 0 Å². The van der Waals surface area contributed by atoms with E-state index < -0.39 is 5.96 Å². The molecule has 0 aliphatic rings. The minimum absolute atomic E-state index is 0.260. The summed E-state index contributed by atoms with van der Waals surface area (Å²) in [5.74, 6) is -4.52. The number of amides is 1. The first-order chi connectivity index (χ1) is 22.9. The van der Waals surface area contributed by atoms with E-state index in [1.807, 2.05) is 133 Å². The topological polar surface area (TPSA) is 29.1 Å². The van der Waals surface area contributed by atoms with Crippen molar-refractivity contribution in [3.05, 3.63) is 195 Å². The number of carbonyl (C=O) groups excluding carboxylic acids is 1. The molecule has 0 aliphatic heterocycles. The number of hydrogen-bond acceptors (Lipinski definition) is 3. The molecule has 0 fully saturated rings. The Labute approximate surface area is 298 Å². The maximum absolute atomic E-state index is 14.4. The molecule has 2 nitrogen and oxygen atoms in total. The third kappa shape index (κ3) is 6.91. The summed E-state index contributed by atoms with van der Waals surface area (Å²) in [4.78, 5) is 16.3. The van der Waals surface area contributed by atoms with Crippen LogP contribution in [0.25, 0.3) is 0 Å². The predicted molar refractivity (Wildman–Crippen MR) is 207 cm³/mol. The van der Waals surface area contributed by atoms with Crippen molar-refractivity contribution in [2.75, 3.05) is 0 Å². The Morgan fingerprint density at radius 3 is 1.19 bits per heavy atom. The first-order valence-corrected chi connectivity index (χ1v) is 20.3. The Morgan fingerprint density at radius 2 is 0.830 bits per heavy atom. The molecule has 0 bridgehead atoms. The molecule has 0 heterocycles. The molecule has 6 aromatic rings. The first kappa shape index (κ1) is 33.4. The molecule has 6 rings (SSSR count). The molecule has 1 N–H and O–H groups in total. The van der Waals surface area contributed by atoms with Gasteiger partial charge in [0.05, 0.1) is 0 Å². The monoisotopic (exact) mass is 727 g/mol. The zero-order valence-corrected chi connectivity index (χ0v) is 29.8. The van der Waals surface area contributed by atoms with Gasteiger partial charge in [-0.05, 0) is 0 Å². The Hall–Kier alpha value is -3.47. The van der Waals surface area contributed by atoms with E-state index in [0.29, 0.717) is 21.0 Å². The molecule has 0 saturated carbocycles. The summed E-state index contributed by atoms with van der Waals surface area (Å²) in [5.41, 5.74) is 1.14. The number of thioether (sulfide) groups is 2. The third-order valence-electron chi connectivity index (χ3n) is 7.65. The fraction of sp³-hybridized carbons (Fsp3) is 0. The first-order valence-electron chi connectivity index (χ1n) is 14.7. The number of rotatable bonds is 10. The summed E-state index contributed by atoms with van der Waals surface area (Å²) in [7, 11) is 0. The Balaban J connectivity index is 1.76. The molecule has 8 heteroatoms. The molecule has 47 heavy (non-hydrogen) atoms. The molecule has 234 valence electrons. The van der Waals surface area contributed by atoms with Gasteiger partial charge in [0.1, 0.15) is 0 Å². The van der Waals surface area contributed by atoms with Crippen molar-refractivity contribution >= 4 is 85.7 Å². The van der Waals surface area contributed by atoms with Crippen molar-refractivity contribution in [3.8, 4) is 0 Å². The average Bonchev–Trinajstić information content (AvgIpc) is 3.13. The van der Waals surface area contributed by atoms with Gasteiger partial charge < -0.3 is 0 Å². The Kier molecular flexibility index (Phi) is 10.5. The predicted octanol–water partition coefficient (Wildman–Crippen LogP) is 11.1. The van der Waals surface area contributed by atoms with Gasteiger partial charge in [-0.1, -0.05) is 0 Å². The molecule has 0 atom stereocenters. The van der Waals surface area contributed by atoms with Crippen molar-refractivity contribution in [2.45, 2.75) is 9.79 Å². The molecule has 0 aromatic heterocycles. The van der Waals surface area contributed by atoms with Crippen LogP contribution in [0.5, 0.6) is 0 Å². The van der Waals surface area contributed by atoms with E-state index in [9.17, 15) is 4.79 Å². The van der Waals surface area contributed by atoms with Crippen molar-refractivity contribution in [1.82, 2.24) is 5.32 Å². The molecule has 0 radical (unpaired) electrons. The van der Waals surface area contributed by atoms with Crippen molar-refractivity contribution < 1.29 is 4.79 Å². The molecule has 0 unspecified atom stereocenters. The average molecular weight is 729 g/mol. The summed E-state index contributed by atoms with van der Waals surface area (Å²) in [5, 5.41) is 7.41. The molecule has 0 spiro atoms. The number of nitrogens with one attached hydrogen (secondary N) is 1. The fourth-order valence-electron chi connectivity index (χ4n) is 5.39. The second kappa shape index (κ2) is 14.7. The number of benzene rings is 6. The zero-order chi connectivity index (χ0) is 32.7. The van der Waals surface area contributed by atoms with Crippen LogP contribution in [0.15, 0.2) is 189 Å². The zero-order valence-electron chi connectivity index (χ0n) is 25.0. The number of carbonyl (C=O) groups is 1. The summed E-state index contributed by atoms with van der Waals surface area (Å²) in [6.45, 7) is 0. The second-order valence-corrected chi connectivity index (χ2v) is 19.9. The quantitative estimate of drug-likeness (QED) is 0.112. The maximum atomic E-state index is 14.4. The van der Waals surface area contributed by atoms with Gasteiger partial charge in [0.2, 0.25) is 0 Å².